The standard InChI is InChI=1S/C12H17ClN2O2S/c1-8-12(15-11(13)7-14-8)9-3-5-10(6-4-9)18(2,16)17/h3-6,8,11-12,14-15H,7H2,1-2H3. The van der Waals surface area contributed by atoms with Crippen molar-refractivity contribution in [1.82, 2.24) is 10.6 Å². The summed E-state index contributed by atoms with van der Waals surface area (Å²) in [7, 11) is -3.14. The van der Waals surface area contributed by atoms with Crippen LogP contribution in [0, 0.1) is 0 Å². The maximum atomic E-state index is 11.4. The van der Waals surface area contributed by atoms with Crippen LogP contribution in [0.3, 0.4) is 0 Å². The summed E-state index contributed by atoms with van der Waals surface area (Å²) in [6.07, 6.45) is 1.21. The maximum Gasteiger partial charge on any atom is 0.175 e. The highest BCUT2D eigenvalue weighted by molar-refractivity contribution is 7.90. The van der Waals surface area contributed by atoms with Crippen molar-refractivity contribution in [3.05, 3.63) is 29.8 Å². The first-order valence-corrected chi connectivity index (χ1v) is 8.14. The van der Waals surface area contributed by atoms with Crippen LogP contribution in [0.5, 0.6) is 0 Å². The predicted octanol–water partition coefficient (Wildman–Crippen LogP) is 1.28. The Kier molecular flexibility index (Phi) is 3.96. The summed E-state index contributed by atoms with van der Waals surface area (Å²) < 4.78 is 22.8. The largest absolute Gasteiger partial charge is 0.310 e. The van der Waals surface area contributed by atoms with Gasteiger partial charge in [-0.1, -0.05) is 12.1 Å². The highest BCUT2D eigenvalue weighted by atomic mass is 35.5. The molecule has 1 aromatic carbocycles. The fourth-order valence-electron chi connectivity index (χ4n) is 2.11. The average molecular weight is 289 g/mol. The van der Waals surface area contributed by atoms with E-state index in [9.17, 15) is 8.42 Å². The number of alkyl halides is 1. The summed E-state index contributed by atoms with van der Waals surface area (Å²) in [4.78, 5) is 0.338. The van der Waals surface area contributed by atoms with Gasteiger partial charge in [0, 0.05) is 24.9 Å². The monoisotopic (exact) mass is 288 g/mol. The van der Waals surface area contributed by atoms with Crippen LogP contribution in [0.4, 0.5) is 0 Å². The molecule has 2 rings (SSSR count). The zero-order valence-electron chi connectivity index (χ0n) is 10.4. The van der Waals surface area contributed by atoms with Crippen molar-refractivity contribution in [2.75, 3.05) is 12.8 Å². The Morgan fingerprint density at radius 3 is 2.44 bits per heavy atom. The van der Waals surface area contributed by atoms with E-state index in [2.05, 4.69) is 17.6 Å². The molecule has 1 fully saturated rings. The number of benzene rings is 1. The Bertz CT molecular complexity index is 515. The molecule has 2 N–H and O–H groups in total. The van der Waals surface area contributed by atoms with Crippen LogP contribution < -0.4 is 10.6 Å². The molecule has 0 spiro atoms. The van der Waals surface area contributed by atoms with Gasteiger partial charge in [0.05, 0.1) is 10.4 Å². The Morgan fingerprint density at radius 1 is 1.28 bits per heavy atom. The summed E-state index contributed by atoms with van der Waals surface area (Å²) in [5.74, 6) is 0. The minimum atomic E-state index is -3.14. The van der Waals surface area contributed by atoms with Crippen LogP contribution >= 0.6 is 11.6 Å². The summed E-state index contributed by atoms with van der Waals surface area (Å²) in [5.41, 5.74) is 0.925. The molecule has 0 saturated carbocycles. The normalized spacial score (nSPS) is 29.2. The molecule has 1 saturated heterocycles. The van der Waals surface area contributed by atoms with Gasteiger partial charge in [-0.2, -0.15) is 0 Å². The van der Waals surface area contributed by atoms with E-state index in [1.54, 1.807) is 12.1 Å². The lowest BCUT2D eigenvalue weighted by Gasteiger charge is -2.34. The first-order valence-electron chi connectivity index (χ1n) is 5.81. The SMILES string of the molecule is CC1NCC(Cl)NC1c1ccc(S(C)(=O)=O)cc1. The third kappa shape index (κ3) is 3.03. The fraction of sp³-hybridized carbons (Fsp3) is 0.500. The molecular formula is C12H17ClN2O2S. The highest BCUT2D eigenvalue weighted by Gasteiger charge is 2.26. The van der Waals surface area contributed by atoms with E-state index in [-0.39, 0.29) is 17.6 Å². The van der Waals surface area contributed by atoms with Gasteiger partial charge in [0.1, 0.15) is 0 Å². The Hall–Kier alpha value is -0.620. The number of halogens is 1. The molecule has 0 aromatic heterocycles. The molecule has 0 amide bonds. The van der Waals surface area contributed by atoms with Crippen molar-refractivity contribution in [2.24, 2.45) is 0 Å². The summed E-state index contributed by atoms with van der Waals surface area (Å²) >= 11 is 6.06. The van der Waals surface area contributed by atoms with Crippen molar-refractivity contribution in [2.45, 2.75) is 29.4 Å². The van der Waals surface area contributed by atoms with Gasteiger partial charge in [0.25, 0.3) is 0 Å². The summed E-state index contributed by atoms with van der Waals surface area (Å²) in [6.45, 7) is 2.80. The second-order valence-corrected chi connectivity index (χ2v) is 7.19. The lowest BCUT2D eigenvalue weighted by molar-refractivity contribution is 0.326. The molecule has 18 heavy (non-hydrogen) atoms. The van der Waals surface area contributed by atoms with Gasteiger partial charge in [-0.3, -0.25) is 5.32 Å². The lowest BCUT2D eigenvalue weighted by atomic mass is 9.99. The van der Waals surface area contributed by atoms with Gasteiger partial charge in [0.2, 0.25) is 0 Å². The number of nitrogens with one attached hydrogen (secondary N) is 2. The molecule has 3 unspecified atom stereocenters. The van der Waals surface area contributed by atoms with E-state index in [0.717, 1.165) is 12.1 Å². The zero-order valence-corrected chi connectivity index (χ0v) is 11.9. The van der Waals surface area contributed by atoms with Crippen LogP contribution in [0.2, 0.25) is 0 Å². The van der Waals surface area contributed by atoms with Crippen LogP contribution in [-0.2, 0) is 9.84 Å². The molecule has 0 radical (unpaired) electrons. The molecule has 3 atom stereocenters. The topological polar surface area (TPSA) is 58.2 Å². The second-order valence-electron chi connectivity index (χ2n) is 4.65. The van der Waals surface area contributed by atoms with Crippen molar-refractivity contribution in [3.8, 4) is 0 Å². The molecular weight excluding hydrogens is 272 g/mol. The molecule has 6 heteroatoms. The first-order chi connectivity index (χ1) is 8.38. The minimum Gasteiger partial charge on any atom is -0.310 e. The Balaban J connectivity index is 2.23. The summed E-state index contributed by atoms with van der Waals surface area (Å²) in [6, 6.07) is 7.29. The minimum absolute atomic E-state index is 0.0925. The average Bonchev–Trinajstić information content (AvgIpc) is 2.31. The van der Waals surface area contributed by atoms with Crippen LogP contribution in [0.1, 0.15) is 18.5 Å². The summed E-state index contributed by atoms with van der Waals surface area (Å²) in [5, 5.41) is 6.61. The molecule has 1 aliphatic heterocycles. The number of hydrogen-bond acceptors (Lipinski definition) is 4. The van der Waals surface area contributed by atoms with Crippen LogP contribution in [0.25, 0.3) is 0 Å². The molecule has 1 aromatic rings. The van der Waals surface area contributed by atoms with Gasteiger partial charge >= 0.3 is 0 Å². The molecule has 0 aliphatic carbocycles. The van der Waals surface area contributed by atoms with E-state index >= 15 is 0 Å². The smallest absolute Gasteiger partial charge is 0.175 e. The van der Waals surface area contributed by atoms with Gasteiger partial charge < -0.3 is 5.32 Å². The molecule has 4 nitrogen and oxygen atoms in total. The zero-order chi connectivity index (χ0) is 13.3. The lowest BCUT2D eigenvalue weighted by Crippen LogP contribution is -2.52. The number of hydrogen-bond donors (Lipinski definition) is 2. The van der Waals surface area contributed by atoms with Crippen molar-refractivity contribution >= 4 is 21.4 Å². The number of sulfone groups is 1. The third-order valence-corrected chi connectivity index (χ3v) is 4.56. The molecule has 1 aliphatic rings. The molecule has 100 valence electrons. The van der Waals surface area contributed by atoms with Gasteiger partial charge in [-0.15, -0.1) is 11.6 Å². The predicted molar refractivity (Wildman–Crippen MR) is 72.5 cm³/mol. The van der Waals surface area contributed by atoms with E-state index < -0.39 is 9.84 Å². The third-order valence-electron chi connectivity index (χ3n) is 3.15. The van der Waals surface area contributed by atoms with Gasteiger partial charge in [-0.05, 0) is 24.6 Å². The maximum absolute atomic E-state index is 11.4. The number of rotatable bonds is 2. The Labute approximate surface area is 113 Å². The van der Waals surface area contributed by atoms with Crippen LogP contribution in [0.15, 0.2) is 29.2 Å². The molecule has 0 bridgehead atoms. The van der Waals surface area contributed by atoms with Crippen molar-refractivity contribution in [3.63, 3.8) is 0 Å². The number of piperazine rings is 1. The van der Waals surface area contributed by atoms with E-state index in [4.69, 9.17) is 11.6 Å². The fourth-order valence-corrected chi connectivity index (χ4v) is 2.97. The van der Waals surface area contributed by atoms with Gasteiger partial charge in [0.15, 0.2) is 9.84 Å². The van der Waals surface area contributed by atoms with E-state index in [0.29, 0.717) is 4.90 Å². The van der Waals surface area contributed by atoms with Crippen LogP contribution in [-0.4, -0.2) is 32.8 Å². The Morgan fingerprint density at radius 2 is 1.89 bits per heavy atom. The van der Waals surface area contributed by atoms with E-state index in [1.807, 2.05) is 12.1 Å². The van der Waals surface area contributed by atoms with Crippen molar-refractivity contribution in [1.29, 1.82) is 0 Å². The highest BCUT2D eigenvalue weighted by Crippen LogP contribution is 2.22. The first kappa shape index (κ1) is 13.8. The molecule has 1 heterocycles. The van der Waals surface area contributed by atoms with E-state index in [1.165, 1.54) is 6.26 Å². The van der Waals surface area contributed by atoms with Gasteiger partial charge in [-0.25, -0.2) is 8.42 Å². The quantitative estimate of drug-likeness (QED) is 0.636. The second kappa shape index (κ2) is 5.17. The van der Waals surface area contributed by atoms with Crippen molar-refractivity contribution < 1.29 is 8.42 Å².